The molecule has 0 amide bonds. The van der Waals surface area contributed by atoms with Crippen LogP contribution in [0.5, 0.6) is 0 Å². The highest BCUT2D eigenvalue weighted by atomic mass is 14.2. The van der Waals surface area contributed by atoms with Crippen molar-refractivity contribution < 1.29 is 0 Å². The second-order valence-electron chi connectivity index (χ2n) is 5.95. The summed E-state index contributed by atoms with van der Waals surface area (Å²) in [6.45, 7) is 17.0. The molecule has 1 atom stereocenters. The molecule has 0 spiro atoms. The maximum atomic E-state index is 4.17. The smallest absolute Gasteiger partial charge is 0.0207 e. The van der Waals surface area contributed by atoms with E-state index in [1.165, 1.54) is 23.1 Å². The zero-order chi connectivity index (χ0) is 17.0. The summed E-state index contributed by atoms with van der Waals surface area (Å²) in [6.07, 6.45) is 19.1. The third kappa shape index (κ3) is 8.02. The average Bonchev–Trinajstić information content (AvgIpc) is 2.45. The molecule has 0 heteroatoms. The SMILES string of the molecule is C=C(C)/C(C=CC)=C(\C=C\CC)C(C=C(C)C)/C=C/CCC. The topological polar surface area (TPSA) is 0 Å². The summed E-state index contributed by atoms with van der Waals surface area (Å²) in [6, 6.07) is 0. The zero-order valence-electron chi connectivity index (χ0n) is 15.4. The number of allylic oxidation sites excluding steroid dienone is 11. The largest absolute Gasteiger partial charge is 0.0955 e. The third-order valence-corrected chi connectivity index (χ3v) is 3.31. The molecule has 22 heavy (non-hydrogen) atoms. The van der Waals surface area contributed by atoms with Gasteiger partial charge in [0.2, 0.25) is 0 Å². The number of hydrogen-bond acceptors (Lipinski definition) is 0. The lowest BCUT2D eigenvalue weighted by molar-refractivity contribution is 0.919. The monoisotopic (exact) mass is 298 g/mol. The fourth-order valence-electron chi connectivity index (χ4n) is 2.29. The van der Waals surface area contributed by atoms with Crippen LogP contribution in [0.2, 0.25) is 0 Å². The Hall–Kier alpha value is -1.56. The first kappa shape index (κ1) is 20.4. The molecular weight excluding hydrogens is 264 g/mol. The standard InChI is InChI=1S/C22H34/c1-8-11-13-15-20(17-18(4)5)22(16-12-9-2)21(14-10-3)19(6)7/h10,12-17,20H,6,8-9,11H2,1-5,7H3/b14-10?,15-13+,16-12+,22-21+. The van der Waals surface area contributed by atoms with Crippen molar-refractivity contribution in [2.45, 2.75) is 60.8 Å². The van der Waals surface area contributed by atoms with E-state index in [0.29, 0.717) is 5.92 Å². The van der Waals surface area contributed by atoms with Gasteiger partial charge >= 0.3 is 0 Å². The van der Waals surface area contributed by atoms with Gasteiger partial charge in [-0.2, -0.15) is 0 Å². The Labute approximate surface area is 138 Å². The Morgan fingerprint density at radius 3 is 2.18 bits per heavy atom. The lowest BCUT2D eigenvalue weighted by Crippen LogP contribution is -2.01. The Balaban J connectivity index is 6.05. The van der Waals surface area contributed by atoms with Gasteiger partial charge in [0, 0.05) is 5.92 Å². The molecule has 0 rings (SSSR count). The van der Waals surface area contributed by atoms with Crippen LogP contribution in [0.15, 0.2) is 71.4 Å². The maximum Gasteiger partial charge on any atom is 0.0207 e. The van der Waals surface area contributed by atoms with Gasteiger partial charge < -0.3 is 0 Å². The van der Waals surface area contributed by atoms with Gasteiger partial charge in [0.25, 0.3) is 0 Å². The van der Waals surface area contributed by atoms with Crippen molar-refractivity contribution in [2.75, 3.05) is 0 Å². The second kappa shape index (κ2) is 12.0. The predicted molar refractivity (Wildman–Crippen MR) is 103 cm³/mol. The Bertz CT molecular complexity index is 474. The minimum absolute atomic E-state index is 0.308. The Kier molecular flexibility index (Phi) is 11.2. The lowest BCUT2D eigenvalue weighted by atomic mass is 9.88. The molecule has 0 aliphatic rings. The quantitative estimate of drug-likeness (QED) is 0.308. The lowest BCUT2D eigenvalue weighted by Gasteiger charge is -2.16. The van der Waals surface area contributed by atoms with Gasteiger partial charge in [0.15, 0.2) is 0 Å². The van der Waals surface area contributed by atoms with Crippen LogP contribution in [0.4, 0.5) is 0 Å². The molecule has 0 heterocycles. The molecular formula is C22H34. The maximum absolute atomic E-state index is 4.17. The summed E-state index contributed by atoms with van der Waals surface area (Å²) in [4.78, 5) is 0. The minimum Gasteiger partial charge on any atom is -0.0955 e. The van der Waals surface area contributed by atoms with Crippen molar-refractivity contribution in [1.29, 1.82) is 0 Å². The summed E-state index contributed by atoms with van der Waals surface area (Å²) in [5, 5.41) is 0. The zero-order valence-corrected chi connectivity index (χ0v) is 15.4. The molecule has 0 bridgehead atoms. The van der Waals surface area contributed by atoms with E-state index in [9.17, 15) is 0 Å². The Morgan fingerprint density at radius 2 is 1.73 bits per heavy atom. The van der Waals surface area contributed by atoms with Crippen molar-refractivity contribution in [1.82, 2.24) is 0 Å². The van der Waals surface area contributed by atoms with Gasteiger partial charge in [-0.25, -0.2) is 0 Å². The van der Waals surface area contributed by atoms with Crippen molar-refractivity contribution in [3.05, 3.63) is 71.4 Å². The highest BCUT2D eigenvalue weighted by Gasteiger charge is 2.11. The molecule has 0 aromatic carbocycles. The summed E-state index contributed by atoms with van der Waals surface area (Å²) in [5.74, 6) is 0.308. The average molecular weight is 299 g/mol. The number of hydrogen-bond donors (Lipinski definition) is 0. The molecule has 0 aromatic heterocycles. The van der Waals surface area contributed by atoms with Crippen LogP contribution in [0, 0.1) is 5.92 Å². The first-order valence-electron chi connectivity index (χ1n) is 8.48. The normalized spacial score (nSPS) is 14.6. The highest BCUT2D eigenvalue weighted by Crippen LogP contribution is 2.27. The summed E-state index contributed by atoms with van der Waals surface area (Å²) >= 11 is 0. The van der Waals surface area contributed by atoms with Crippen LogP contribution in [0.25, 0.3) is 0 Å². The van der Waals surface area contributed by atoms with Crippen molar-refractivity contribution >= 4 is 0 Å². The first-order chi connectivity index (χ1) is 10.5. The first-order valence-corrected chi connectivity index (χ1v) is 8.48. The van der Waals surface area contributed by atoms with Gasteiger partial charge in [-0.1, -0.05) is 80.5 Å². The highest BCUT2D eigenvalue weighted by molar-refractivity contribution is 5.48. The van der Waals surface area contributed by atoms with Crippen LogP contribution in [0.1, 0.15) is 60.8 Å². The molecule has 0 nitrogen and oxygen atoms in total. The van der Waals surface area contributed by atoms with Crippen LogP contribution in [-0.4, -0.2) is 0 Å². The molecule has 0 saturated carbocycles. The van der Waals surface area contributed by atoms with Crippen LogP contribution in [-0.2, 0) is 0 Å². The van der Waals surface area contributed by atoms with E-state index >= 15 is 0 Å². The van der Waals surface area contributed by atoms with Gasteiger partial charge in [-0.3, -0.25) is 0 Å². The molecule has 0 aliphatic carbocycles. The van der Waals surface area contributed by atoms with Crippen LogP contribution in [0.3, 0.4) is 0 Å². The van der Waals surface area contributed by atoms with Crippen LogP contribution < -0.4 is 0 Å². The molecule has 0 aromatic rings. The molecule has 1 unspecified atom stereocenters. The summed E-state index contributed by atoms with van der Waals surface area (Å²) in [7, 11) is 0. The Morgan fingerprint density at radius 1 is 1.05 bits per heavy atom. The molecule has 0 aliphatic heterocycles. The second-order valence-corrected chi connectivity index (χ2v) is 5.95. The molecule has 0 radical (unpaired) electrons. The third-order valence-electron chi connectivity index (χ3n) is 3.31. The molecule has 122 valence electrons. The van der Waals surface area contributed by atoms with Gasteiger partial charge in [0.1, 0.15) is 0 Å². The van der Waals surface area contributed by atoms with E-state index < -0.39 is 0 Å². The fraction of sp³-hybridized carbons (Fsp3) is 0.455. The van der Waals surface area contributed by atoms with E-state index in [0.717, 1.165) is 18.4 Å². The van der Waals surface area contributed by atoms with Crippen molar-refractivity contribution in [2.24, 2.45) is 5.92 Å². The van der Waals surface area contributed by atoms with E-state index in [1.54, 1.807) is 0 Å². The molecule has 0 saturated heterocycles. The van der Waals surface area contributed by atoms with Gasteiger partial charge in [-0.05, 0) is 51.7 Å². The van der Waals surface area contributed by atoms with E-state index in [1.807, 2.05) is 0 Å². The number of rotatable bonds is 9. The number of unbranched alkanes of at least 4 members (excludes halogenated alkanes) is 1. The molecule has 0 N–H and O–H groups in total. The van der Waals surface area contributed by atoms with Crippen LogP contribution >= 0.6 is 0 Å². The summed E-state index contributed by atoms with van der Waals surface area (Å²) in [5.41, 5.74) is 5.04. The van der Waals surface area contributed by atoms with Crippen molar-refractivity contribution in [3.63, 3.8) is 0 Å². The fourth-order valence-corrected chi connectivity index (χ4v) is 2.29. The minimum atomic E-state index is 0.308. The van der Waals surface area contributed by atoms with E-state index in [-0.39, 0.29) is 0 Å². The predicted octanol–water partition coefficient (Wildman–Crippen LogP) is 7.34. The molecule has 0 fully saturated rings. The van der Waals surface area contributed by atoms with E-state index in [2.05, 4.69) is 90.7 Å². The van der Waals surface area contributed by atoms with E-state index in [4.69, 9.17) is 0 Å². The summed E-state index contributed by atoms with van der Waals surface area (Å²) < 4.78 is 0. The van der Waals surface area contributed by atoms with Crippen molar-refractivity contribution in [3.8, 4) is 0 Å². The van der Waals surface area contributed by atoms with Gasteiger partial charge in [0.05, 0.1) is 0 Å². The van der Waals surface area contributed by atoms with Gasteiger partial charge in [-0.15, -0.1) is 0 Å².